The molecule has 0 heterocycles. The Morgan fingerprint density at radius 1 is 0.667 bits per heavy atom. The number of hydrogen-bond donors (Lipinski definition) is 0. The first kappa shape index (κ1) is 12.7. The fourth-order valence-electron chi connectivity index (χ4n) is 0.854. The standard InChI is InChI=1S/C8H18.Na/c1-3-5-7-8-6-4-2;/h3-8H2,1-2H3;. The third-order valence-corrected chi connectivity index (χ3v) is 1.46. The van der Waals surface area contributed by atoms with Gasteiger partial charge in [0, 0.05) is 29.6 Å². The minimum atomic E-state index is 0. The molecule has 0 amide bonds. The summed E-state index contributed by atoms with van der Waals surface area (Å²) in [5.74, 6) is 0. The molecule has 0 aromatic rings. The molecule has 0 unspecified atom stereocenters. The molecule has 0 spiro atoms. The Hall–Kier alpha value is 1.00. The van der Waals surface area contributed by atoms with Crippen molar-refractivity contribution < 1.29 is 0 Å². The zero-order valence-electron chi connectivity index (χ0n) is 7.24. The summed E-state index contributed by atoms with van der Waals surface area (Å²) in [6.07, 6.45) is 8.49. The van der Waals surface area contributed by atoms with E-state index in [4.69, 9.17) is 0 Å². The molecule has 1 heteroatoms. The molecule has 0 aromatic heterocycles. The minimum absolute atomic E-state index is 0. The molecule has 0 aliphatic carbocycles. The molecule has 0 aliphatic rings. The second kappa shape index (κ2) is 11.8. The van der Waals surface area contributed by atoms with E-state index < -0.39 is 0 Å². The van der Waals surface area contributed by atoms with Crippen molar-refractivity contribution in [3.8, 4) is 0 Å². The Morgan fingerprint density at radius 3 is 1.22 bits per heavy atom. The fraction of sp³-hybridized carbons (Fsp3) is 1.00. The summed E-state index contributed by atoms with van der Waals surface area (Å²) in [7, 11) is 0. The van der Waals surface area contributed by atoms with Crippen LogP contribution in [0.3, 0.4) is 0 Å². The molecule has 0 nitrogen and oxygen atoms in total. The molecular formula is C8H18Na. The molecule has 0 aromatic carbocycles. The van der Waals surface area contributed by atoms with Crippen LogP contribution in [0.5, 0.6) is 0 Å². The van der Waals surface area contributed by atoms with Crippen molar-refractivity contribution in [1.82, 2.24) is 0 Å². The van der Waals surface area contributed by atoms with Crippen LogP contribution in [0.15, 0.2) is 0 Å². The third-order valence-electron chi connectivity index (χ3n) is 1.46. The van der Waals surface area contributed by atoms with Crippen molar-refractivity contribution in [2.24, 2.45) is 0 Å². The monoisotopic (exact) mass is 137 g/mol. The van der Waals surface area contributed by atoms with Crippen LogP contribution in [-0.2, 0) is 0 Å². The number of hydrogen-bond acceptors (Lipinski definition) is 0. The first-order valence-electron chi connectivity index (χ1n) is 3.91. The Bertz CT molecular complexity index is 29.5. The van der Waals surface area contributed by atoms with Gasteiger partial charge in [0.05, 0.1) is 0 Å². The van der Waals surface area contributed by atoms with E-state index in [1.807, 2.05) is 0 Å². The van der Waals surface area contributed by atoms with Gasteiger partial charge in [0.15, 0.2) is 0 Å². The summed E-state index contributed by atoms with van der Waals surface area (Å²) in [5.41, 5.74) is 0. The van der Waals surface area contributed by atoms with Crippen LogP contribution in [0.25, 0.3) is 0 Å². The second-order valence-corrected chi connectivity index (χ2v) is 2.41. The van der Waals surface area contributed by atoms with Gasteiger partial charge in [-0.25, -0.2) is 0 Å². The molecule has 9 heavy (non-hydrogen) atoms. The molecule has 51 valence electrons. The van der Waals surface area contributed by atoms with Crippen LogP contribution in [0.4, 0.5) is 0 Å². The summed E-state index contributed by atoms with van der Waals surface area (Å²) in [6, 6.07) is 0. The largest absolute Gasteiger partial charge is 0.0654 e. The quantitative estimate of drug-likeness (QED) is 0.403. The molecule has 0 fully saturated rings. The molecule has 0 N–H and O–H groups in total. The molecule has 0 rings (SSSR count). The van der Waals surface area contributed by atoms with Gasteiger partial charge in [-0.2, -0.15) is 0 Å². The molecular weight excluding hydrogens is 119 g/mol. The minimum Gasteiger partial charge on any atom is -0.0654 e. The molecule has 0 bridgehead atoms. The van der Waals surface area contributed by atoms with Gasteiger partial charge in [0.1, 0.15) is 0 Å². The Balaban J connectivity index is 0. The van der Waals surface area contributed by atoms with Crippen LogP contribution in [0, 0.1) is 0 Å². The van der Waals surface area contributed by atoms with Crippen molar-refractivity contribution in [3.05, 3.63) is 0 Å². The van der Waals surface area contributed by atoms with E-state index in [1.54, 1.807) is 0 Å². The molecule has 0 aliphatic heterocycles. The van der Waals surface area contributed by atoms with Crippen molar-refractivity contribution in [2.45, 2.75) is 52.4 Å². The van der Waals surface area contributed by atoms with Gasteiger partial charge in [-0.05, 0) is 0 Å². The second-order valence-electron chi connectivity index (χ2n) is 2.41. The Kier molecular flexibility index (Phi) is 16.5. The Morgan fingerprint density at radius 2 is 1.00 bits per heavy atom. The number of rotatable bonds is 5. The predicted octanol–water partition coefficient (Wildman–Crippen LogP) is 2.99. The van der Waals surface area contributed by atoms with Gasteiger partial charge in [0.2, 0.25) is 0 Å². The summed E-state index contributed by atoms with van der Waals surface area (Å²) < 4.78 is 0. The molecule has 0 saturated carbocycles. The van der Waals surface area contributed by atoms with Gasteiger partial charge in [0.25, 0.3) is 0 Å². The maximum Gasteiger partial charge on any atom is 0 e. The number of unbranched alkanes of at least 4 members (excludes halogenated alkanes) is 5. The first-order valence-corrected chi connectivity index (χ1v) is 3.91. The average Bonchev–Trinajstić information content (AvgIpc) is 1.81. The van der Waals surface area contributed by atoms with Gasteiger partial charge < -0.3 is 0 Å². The van der Waals surface area contributed by atoms with E-state index in [0.29, 0.717) is 0 Å². The van der Waals surface area contributed by atoms with E-state index >= 15 is 0 Å². The van der Waals surface area contributed by atoms with Crippen molar-refractivity contribution >= 4 is 29.6 Å². The van der Waals surface area contributed by atoms with E-state index in [-0.39, 0.29) is 29.6 Å². The zero-order valence-corrected chi connectivity index (χ0v) is 9.24. The fourth-order valence-corrected chi connectivity index (χ4v) is 0.854. The molecule has 1 radical (unpaired) electrons. The van der Waals surface area contributed by atoms with E-state index in [2.05, 4.69) is 13.8 Å². The van der Waals surface area contributed by atoms with Crippen LogP contribution in [-0.4, -0.2) is 29.6 Å². The van der Waals surface area contributed by atoms with Gasteiger partial charge in [-0.1, -0.05) is 52.4 Å². The maximum absolute atomic E-state index is 2.26. The summed E-state index contributed by atoms with van der Waals surface area (Å²) >= 11 is 0. The van der Waals surface area contributed by atoms with Crippen LogP contribution < -0.4 is 0 Å². The smallest absolute Gasteiger partial charge is 0 e. The van der Waals surface area contributed by atoms with Gasteiger partial charge in [-0.3, -0.25) is 0 Å². The molecule has 0 saturated heterocycles. The molecule has 0 atom stereocenters. The Labute approximate surface area is 81.7 Å². The summed E-state index contributed by atoms with van der Waals surface area (Å²) in [6.45, 7) is 4.51. The third kappa shape index (κ3) is 12.2. The first-order chi connectivity index (χ1) is 3.91. The van der Waals surface area contributed by atoms with Gasteiger partial charge in [-0.15, -0.1) is 0 Å². The van der Waals surface area contributed by atoms with Crippen LogP contribution >= 0.6 is 0 Å². The van der Waals surface area contributed by atoms with Gasteiger partial charge >= 0.3 is 0 Å². The zero-order chi connectivity index (χ0) is 6.24. The normalized spacial score (nSPS) is 8.67. The summed E-state index contributed by atoms with van der Waals surface area (Å²) in [4.78, 5) is 0. The van der Waals surface area contributed by atoms with E-state index in [1.165, 1.54) is 38.5 Å². The predicted molar refractivity (Wildman–Crippen MR) is 44.8 cm³/mol. The topological polar surface area (TPSA) is 0 Å². The van der Waals surface area contributed by atoms with Crippen molar-refractivity contribution in [2.75, 3.05) is 0 Å². The van der Waals surface area contributed by atoms with E-state index in [9.17, 15) is 0 Å². The average molecular weight is 137 g/mol. The van der Waals surface area contributed by atoms with Crippen LogP contribution in [0.1, 0.15) is 52.4 Å². The van der Waals surface area contributed by atoms with E-state index in [0.717, 1.165) is 0 Å². The maximum atomic E-state index is 2.26. The summed E-state index contributed by atoms with van der Waals surface area (Å²) in [5, 5.41) is 0. The van der Waals surface area contributed by atoms with Crippen molar-refractivity contribution in [3.63, 3.8) is 0 Å². The SMILES string of the molecule is CCCCCCCC.[Na]. The van der Waals surface area contributed by atoms with Crippen molar-refractivity contribution in [1.29, 1.82) is 0 Å². The van der Waals surface area contributed by atoms with Crippen LogP contribution in [0.2, 0.25) is 0 Å².